The molecule has 2 aromatic heterocycles. The number of hydrogen-bond acceptors (Lipinski definition) is 4. The highest BCUT2D eigenvalue weighted by Gasteiger charge is 2.02. The normalized spacial score (nSPS) is 9.18. The molecule has 0 unspecified atom stereocenters. The minimum Gasteiger partial charge on any atom is -0.298 e. The molecule has 4 nitrogen and oxygen atoms in total. The van der Waals surface area contributed by atoms with E-state index >= 15 is 0 Å². The van der Waals surface area contributed by atoms with Crippen LogP contribution in [0.1, 0.15) is 28.1 Å². The van der Waals surface area contributed by atoms with Gasteiger partial charge in [-0.05, 0) is 24.3 Å². The van der Waals surface area contributed by atoms with Crippen molar-refractivity contribution in [3.8, 4) is 11.4 Å². The summed E-state index contributed by atoms with van der Waals surface area (Å²) >= 11 is 0. The van der Waals surface area contributed by atoms with Gasteiger partial charge in [0.15, 0.2) is 0 Å². The lowest BCUT2D eigenvalue weighted by Gasteiger charge is -2.00. The lowest BCUT2D eigenvalue weighted by Crippen LogP contribution is -1.91. The van der Waals surface area contributed by atoms with E-state index in [0.29, 0.717) is 22.5 Å². The molecule has 0 spiro atoms. The monoisotopic (exact) mass is 228 g/mol. The molecule has 0 N–H and O–H groups in total. The topological polar surface area (TPSA) is 59.9 Å². The molecule has 0 saturated carbocycles. The number of aldehydes is 2. The Morgan fingerprint density at radius 3 is 1.59 bits per heavy atom. The Morgan fingerprint density at radius 1 is 0.824 bits per heavy atom. The Kier molecular flexibility index (Phi) is 4.22. The van der Waals surface area contributed by atoms with Gasteiger partial charge in [-0.3, -0.25) is 19.6 Å². The number of nitrogens with zero attached hydrogens (tertiary/aromatic N) is 2. The molecule has 4 heteroatoms. The Balaban J connectivity index is 0.00000144. The van der Waals surface area contributed by atoms with E-state index in [4.69, 9.17) is 0 Å². The summed E-state index contributed by atoms with van der Waals surface area (Å²) in [6, 6.07) is 6.48. The van der Waals surface area contributed by atoms with Gasteiger partial charge in [-0.2, -0.15) is 0 Å². The largest absolute Gasteiger partial charge is 0.298 e. The molecule has 2 rings (SSSR count). The molecule has 2 heterocycles. The third kappa shape index (κ3) is 2.81. The van der Waals surface area contributed by atoms with Gasteiger partial charge < -0.3 is 0 Å². The minimum absolute atomic E-state index is 0. The average molecular weight is 228 g/mol. The molecule has 17 heavy (non-hydrogen) atoms. The van der Waals surface area contributed by atoms with E-state index in [2.05, 4.69) is 9.97 Å². The van der Waals surface area contributed by atoms with Gasteiger partial charge in [0.2, 0.25) is 0 Å². The molecule has 0 amide bonds. The molecule has 0 aliphatic carbocycles. The maximum Gasteiger partial charge on any atom is 0.150 e. The Bertz CT molecular complexity index is 489. The lowest BCUT2D eigenvalue weighted by molar-refractivity contribution is 0.111. The molecular weight excluding hydrogens is 216 g/mol. The molecule has 0 aliphatic heterocycles. The zero-order chi connectivity index (χ0) is 11.4. The molecule has 2 aromatic rings. The molecule has 0 aromatic carbocycles. The van der Waals surface area contributed by atoms with Crippen molar-refractivity contribution in [2.24, 2.45) is 0 Å². The molecule has 0 bridgehead atoms. The van der Waals surface area contributed by atoms with Crippen LogP contribution in [0.5, 0.6) is 0 Å². The zero-order valence-corrected chi connectivity index (χ0v) is 8.33. The Morgan fingerprint density at radius 2 is 1.24 bits per heavy atom. The van der Waals surface area contributed by atoms with Crippen molar-refractivity contribution < 1.29 is 9.59 Å². The second-order valence-electron chi connectivity index (χ2n) is 3.18. The molecule has 0 aliphatic rings. The van der Waals surface area contributed by atoms with Crippen LogP contribution in [0.4, 0.5) is 0 Å². The molecule has 0 atom stereocenters. The summed E-state index contributed by atoms with van der Waals surface area (Å²) in [5.41, 5.74) is 2.22. The first-order chi connectivity index (χ1) is 7.83. The standard InChI is InChI=1S/C12H8N2O2.CH4/c15-7-9-1-3-13-11(5-9)12-6-10(8-16)2-4-14-12;/h1-8H;1H4. The quantitative estimate of drug-likeness (QED) is 0.757. The van der Waals surface area contributed by atoms with Crippen LogP contribution in [0.15, 0.2) is 36.7 Å². The predicted octanol–water partition coefficient (Wildman–Crippen LogP) is 2.40. The summed E-state index contributed by atoms with van der Waals surface area (Å²) in [4.78, 5) is 29.4. The van der Waals surface area contributed by atoms with Crippen molar-refractivity contribution in [3.63, 3.8) is 0 Å². The van der Waals surface area contributed by atoms with Crippen LogP contribution < -0.4 is 0 Å². The summed E-state index contributed by atoms with van der Waals surface area (Å²) in [7, 11) is 0. The van der Waals surface area contributed by atoms with Crippen molar-refractivity contribution in [2.75, 3.05) is 0 Å². The van der Waals surface area contributed by atoms with Crippen LogP contribution in [0.2, 0.25) is 0 Å². The van der Waals surface area contributed by atoms with E-state index in [0.717, 1.165) is 12.6 Å². The third-order valence-electron chi connectivity index (χ3n) is 2.10. The molecule has 0 radical (unpaired) electrons. The van der Waals surface area contributed by atoms with Gasteiger partial charge in [-0.25, -0.2) is 0 Å². The van der Waals surface area contributed by atoms with Crippen LogP contribution in [0, 0.1) is 0 Å². The highest BCUT2D eigenvalue weighted by Crippen LogP contribution is 2.15. The molecule has 0 fully saturated rings. The van der Waals surface area contributed by atoms with Crippen molar-refractivity contribution in [1.82, 2.24) is 9.97 Å². The van der Waals surface area contributed by atoms with Gasteiger partial charge in [-0.15, -0.1) is 0 Å². The van der Waals surface area contributed by atoms with Crippen molar-refractivity contribution in [2.45, 2.75) is 7.43 Å². The summed E-state index contributed by atoms with van der Waals surface area (Å²) in [5, 5.41) is 0. The fourth-order valence-corrected chi connectivity index (χ4v) is 1.32. The van der Waals surface area contributed by atoms with Crippen LogP contribution in [-0.4, -0.2) is 22.5 Å². The van der Waals surface area contributed by atoms with E-state index in [9.17, 15) is 9.59 Å². The fourth-order valence-electron chi connectivity index (χ4n) is 1.32. The molecular formula is C13H12N2O2. The zero-order valence-electron chi connectivity index (χ0n) is 8.33. The van der Waals surface area contributed by atoms with E-state index in [-0.39, 0.29) is 7.43 Å². The van der Waals surface area contributed by atoms with E-state index in [1.54, 1.807) is 24.3 Å². The van der Waals surface area contributed by atoms with E-state index in [1.165, 1.54) is 12.4 Å². The van der Waals surface area contributed by atoms with Gasteiger partial charge in [0.05, 0.1) is 11.4 Å². The predicted molar refractivity (Wildman–Crippen MR) is 65.0 cm³/mol. The number of rotatable bonds is 3. The SMILES string of the molecule is C.O=Cc1ccnc(-c2cc(C=O)ccn2)c1. The summed E-state index contributed by atoms with van der Waals surface area (Å²) in [5.74, 6) is 0. The molecule has 0 saturated heterocycles. The Labute approximate surface area is 99.4 Å². The first-order valence-corrected chi connectivity index (χ1v) is 4.66. The lowest BCUT2D eigenvalue weighted by atomic mass is 10.1. The van der Waals surface area contributed by atoms with E-state index in [1.807, 2.05) is 0 Å². The van der Waals surface area contributed by atoms with Gasteiger partial charge in [0.1, 0.15) is 12.6 Å². The van der Waals surface area contributed by atoms with Crippen molar-refractivity contribution >= 4 is 12.6 Å². The Hall–Kier alpha value is -2.36. The smallest absolute Gasteiger partial charge is 0.150 e. The van der Waals surface area contributed by atoms with Gasteiger partial charge in [0, 0.05) is 23.5 Å². The van der Waals surface area contributed by atoms with Gasteiger partial charge >= 0.3 is 0 Å². The summed E-state index contributed by atoms with van der Waals surface area (Å²) in [6.07, 6.45) is 4.56. The van der Waals surface area contributed by atoms with Gasteiger partial charge in [0.25, 0.3) is 0 Å². The van der Waals surface area contributed by atoms with Crippen LogP contribution in [0.25, 0.3) is 11.4 Å². The fraction of sp³-hybridized carbons (Fsp3) is 0.0769. The second-order valence-corrected chi connectivity index (χ2v) is 3.18. The maximum atomic E-state index is 10.6. The van der Waals surface area contributed by atoms with Gasteiger partial charge in [-0.1, -0.05) is 7.43 Å². The highest BCUT2D eigenvalue weighted by molar-refractivity contribution is 5.79. The van der Waals surface area contributed by atoms with Crippen LogP contribution in [-0.2, 0) is 0 Å². The number of carbonyl (C=O) groups excluding carboxylic acids is 2. The van der Waals surface area contributed by atoms with Crippen molar-refractivity contribution in [3.05, 3.63) is 47.8 Å². The first kappa shape index (κ1) is 12.7. The molecule has 86 valence electrons. The van der Waals surface area contributed by atoms with Crippen LogP contribution in [0.3, 0.4) is 0 Å². The summed E-state index contributed by atoms with van der Waals surface area (Å²) in [6.45, 7) is 0. The average Bonchev–Trinajstić information content (AvgIpc) is 2.39. The van der Waals surface area contributed by atoms with Crippen LogP contribution >= 0.6 is 0 Å². The maximum absolute atomic E-state index is 10.6. The number of aromatic nitrogens is 2. The van der Waals surface area contributed by atoms with Crippen molar-refractivity contribution in [1.29, 1.82) is 0 Å². The number of pyridine rings is 2. The minimum atomic E-state index is 0. The second kappa shape index (κ2) is 5.65. The number of carbonyl (C=O) groups is 2. The third-order valence-corrected chi connectivity index (χ3v) is 2.10. The number of hydrogen-bond donors (Lipinski definition) is 0. The highest BCUT2D eigenvalue weighted by atomic mass is 16.1. The summed E-state index contributed by atoms with van der Waals surface area (Å²) < 4.78 is 0. The first-order valence-electron chi connectivity index (χ1n) is 4.66. The van der Waals surface area contributed by atoms with E-state index < -0.39 is 0 Å².